The zero-order chi connectivity index (χ0) is 23.8. The zero-order valence-corrected chi connectivity index (χ0v) is 20.0. The number of nitrogens with zero attached hydrogens (tertiary/aromatic N) is 4. The molecule has 5 rings (SSSR count). The minimum atomic E-state index is -0.504. The summed E-state index contributed by atoms with van der Waals surface area (Å²) in [7, 11) is 1.75. The van der Waals surface area contributed by atoms with Gasteiger partial charge in [0.1, 0.15) is 10.7 Å². The molecule has 1 fully saturated rings. The van der Waals surface area contributed by atoms with E-state index >= 15 is 0 Å². The van der Waals surface area contributed by atoms with Crippen LogP contribution in [0.5, 0.6) is 0 Å². The molecule has 1 aliphatic carbocycles. The molecule has 0 spiro atoms. The number of hydrogen-bond acceptors (Lipinski definition) is 6. The molecule has 3 aromatic rings. The molecule has 0 saturated heterocycles. The number of aromatic nitrogens is 3. The third-order valence-corrected chi connectivity index (χ3v) is 7.43. The van der Waals surface area contributed by atoms with Crippen molar-refractivity contribution in [1.82, 2.24) is 19.4 Å². The maximum Gasteiger partial charge on any atom is 0.266 e. The van der Waals surface area contributed by atoms with Crippen LogP contribution in [0.15, 0.2) is 52.3 Å². The molecule has 3 heterocycles. The minimum Gasteiger partial charge on any atom is -0.375 e. The molecule has 2 aromatic heterocycles. The number of hydrogen-bond donors (Lipinski definition) is 2. The van der Waals surface area contributed by atoms with Crippen LogP contribution in [-0.4, -0.2) is 25.9 Å². The Morgan fingerprint density at radius 1 is 1.24 bits per heavy atom. The SMILES string of the molecule is CCS/C(NCc1ccc(-c2cccc(F)n2)cc1)=c1\c(=O)n(C)c2n(c1=N)[C@H]1CCC[C@H]1N=2. The first-order valence-electron chi connectivity index (χ1n) is 11.5. The smallest absolute Gasteiger partial charge is 0.266 e. The molecule has 1 saturated carbocycles. The Bertz CT molecular complexity index is 1480. The summed E-state index contributed by atoms with van der Waals surface area (Å²) in [5.41, 5.74) is 3.08. The average molecular weight is 479 g/mol. The number of thioether (sulfide) groups is 1. The van der Waals surface area contributed by atoms with Gasteiger partial charge in [0.2, 0.25) is 11.6 Å². The second-order valence-electron chi connectivity index (χ2n) is 8.61. The van der Waals surface area contributed by atoms with Gasteiger partial charge in [0.05, 0.1) is 22.8 Å². The van der Waals surface area contributed by atoms with E-state index < -0.39 is 5.95 Å². The average Bonchev–Trinajstić information content (AvgIpc) is 3.43. The van der Waals surface area contributed by atoms with Crippen LogP contribution in [0, 0.1) is 11.4 Å². The highest BCUT2D eigenvalue weighted by Gasteiger charge is 2.34. The summed E-state index contributed by atoms with van der Waals surface area (Å²) in [4.78, 5) is 22.0. The van der Waals surface area contributed by atoms with Crippen molar-refractivity contribution in [3.63, 3.8) is 0 Å². The Kier molecular flexibility index (Phi) is 6.12. The molecule has 9 heteroatoms. The molecule has 0 amide bonds. The van der Waals surface area contributed by atoms with Crippen LogP contribution in [0.3, 0.4) is 0 Å². The van der Waals surface area contributed by atoms with E-state index in [1.807, 2.05) is 35.8 Å². The van der Waals surface area contributed by atoms with Crippen molar-refractivity contribution < 1.29 is 4.39 Å². The highest BCUT2D eigenvalue weighted by Crippen LogP contribution is 2.32. The molecule has 1 aromatic carbocycles. The molecule has 2 atom stereocenters. The molecule has 0 bridgehead atoms. The van der Waals surface area contributed by atoms with Gasteiger partial charge in [-0.2, -0.15) is 4.39 Å². The van der Waals surface area contributed by atoms with Crippen molar-refractivity contribution in [3.8, 4) is 11.3 Å². The summed E-state index contributed by atoms with van der Waals surface area (Å²) in [6.07, 6.45) is 3.10. The molecular formula is C25H27FN6OS. The van der Waals surface area contributed by atoms with Crippen molar-refractivity contribution in [3.05, 3.63) is 80.7 Å². The van der Waals surface area contributed by atoms with E-state index in [1.165, 1.54) is 17.8 Å². The molecule has 2 N–H and O–H groups in total. The quantitative estimate of drug-likeness (QED) is 0.532. The van der Waals surface area contributed by atoms with Crippen molar-refractivity contribution in [1.29, 1.82) is 5.41 Å². The van der Waals surface area contributed by atoms with Gasteiger partial charge in [-0.1, -0.05) is 37.3 Å². The Balaban J connectivity index is 1.49. The first-order valence-corrected chi connectivity index (χ1v) is 12.5. The topological polar surface area (TPSA) is 88.1 Å². The van der Waals surface area contributed by atoms with E-state index in [9.17, 15) is 9.18 Å². The fourth-order valence-electron chi connectivity index (χ4n) is 4.83. The van der Waals surface area contributed by atoms with Gasteiger partial charge >= 0.3 is 0 Å². The summed E-state index contributed by atoms with van der Waals surface area (Å²) < 4.78 is 17.0. The van der Waals surface area contributed by atoms with Gasteiger partial charge in [-0.3, -0.25) is 19.3 Å². The Labute approximate surface area is 200 Å². The summed E-state index contributed by atoms with van der Waals surface area (Å²) in [6, 6.07) is 12.8. The fraction of sp³-hybridized carbons (Fsp3) is 0.360. The van der Waals surface area contributed by atoms with Crippen LogP contribution in [-0.2, 0) is 13.6 Å². The summed E-state index contributed by atoms with van der Waals surface area (Å²) in [5.74, 6) is 0.267. The number of benzene rings is 1. The summed E-state index contributed by atoms with van der Waals surface area (Å²) in [6.45, 7) is 2.53. The van der Waals surface area contributed by atoms with Crippen LogP contribution in [0.25, 0.3) is 16.3 Å². The second-order valence-corrected chi connectivity index (χ2v) is 9.88. The summed E-state index contributed by atoms with van der Waals surface area (Å²) >= 11 is 1.53. The van der Waals surface area contributed by atoms with Crippen LogP contribution in [0.1, 0.15) is 37.8 Å². The van der Waals surface area contributed by atoms with Gasteiger partial charge in [-0.05, 0) is 42.7 Å². The van der Waals surface area contributed by atoms with Gasteiger partial charge in [-0.25, -0.2) is 9.98 Å². The predicted octanol–water partition coefficient (Wildman–Crippen LogP) is 2.20. The minimum absolute atomic E-state index is 0.171. The van der Waals surface area contributed by atoms with Crippen LogP contribution in [0.2, 0.25) is 0 Å². The van der Waals surface area contributed by atoms with Gasteiger partial charge in [0.15, 0.2) is 0 Å². The largest absolute Gasteiger partial charge is 0.375 e. The molecule has 34 heavy (non-hydrogen) atoms. The van der Waals surface area contributed by atoms with E-state index in [4.69, 9.17) is 10.4 Å². The maximum atomic E-state index is 13.4. The monoisotopic (exact) mass is 478 g/mol. The highest BCUT2D eigenvalue weighted by atomic mass is 32.2. The van der Waals surface area contributed by atoms with E-state index in [0.717, 1.165) is 36.1 Å². The lowest BCUT2D eigenvalue weighted by Crippen LogP contribution is -2.58. The number of rotatable bonds is 6. The van der Waals surface area contributed by atoms with Crippen LogP contribution >= 0.6 is 11.8 Å². The molecule has 0 radical (unpaired) electrons. The van der Waals surface area contributed by atoms with Gasteiger partial charge in [0, 0.05) is 19.2 Å². The van der Waals surface area contributed by atoms with Crippen molar-refractivity contribution in [2.45, 2.75) is 44.8 Å². The number of halogens is 1. The van der Waals surface area contributed by atoms with Gasteiger partial charge in [-0.15, -0.1) is 11.8 Å². The van der Waals surface area contributed by atoms with E-state index in [1.54, 1.807) is 23.7 Å². The Morgan fingerprint density at radius 3 is 2.76 bits per heavy atom. The normalized spacial score (nSPS) is 19.4. The Morgan fingerprint density at radius 2 is 2.03 bits per heavy atom. The lowest BCUT2D eigenvalue weighted by molar-refractivity contribution is 0.465. The molecule has 2 aliphatic rings. The zero-order valence-electron chi connectivity index (χ0n) is 19.2. The molecular weight excluding hydrogens is 451 g/mol. The van der Waals surface area contributed by atoms with Crippen molar-refractivity contribution in [2.24, 2.45) is 12.0 Å². The van der Waals surface area contributed by atoms with Gasteiger partial charge < -0.3 is 5.32 Å². The third kappa shape index (κ3) is 3.98. The lowest BCUT2D eigenvalue weighted by atomic mass is 10.1. The van der Waals surface area contributed by atoms with E-state index in [0.29, 0.717) is 28.1 Å². The first kappa shape index (κ1) is 22.6. The van der Waals surface area contributed by atoms with E-state index in [-0.39, 0.29) is 23.1 Å². The second kappa shape index (κ2) is 9.21. The lowest BCUT2D eigenvalue weighted by Gasteiger charge is -2.15. The number of nitrogens with one attached hydrogen (secondary N) is 2. The van der Waals surface area contributed by atoms with Crippen molar-refractivity contribution >= 4 is 16.8 Å². The van der Waals surface area contributed by atoms with Crippen LogP contribution in [0.4, 0.5) is 4.39 Å². The Hall–Kier alpha value is -3.20. The van der Waals surface area contributed by atoms with Gasteiger partial charge in [0.25, 0.3) is 5.56 Å². The molecule has 1 aliphatic heterocycles. The highest BCUT2D eigenvalue weighted by molar-refractivity contribution is 8.07. The number of fused-ring (bicyclic) bond motifs is 3. The molecule has 7 nitrogen and oxygen atoms in total. The first-order chi connectivity index (χ1) is 16.5. The maximum absolute atomic E-state index is 13.4. The summed E-state index contributed by atoms with van der Waals surface area (Å²) in [5, 5.41) is 13.4. The predicted molar refractivity (Wildman–Crippen MR) is 131 cm³/mol. The molecule has 0 unspecified atom stereocenters. The molecule has 176 valence electrons. The van der Waals surface area contributed by atoms with Crippen molar-refractivity contribution in [2.75, 3.05) is 5.75 Å². The standard InChI is InChI=1S/C25H27FN6OS/c1-3-34-23(28-14-15-10-12-16(13-11-15)17-6-5-9-20(26)29-17)21-22(27)32-19-8-4-7-18(19)30-25(32)31(2)24(21)33/h5-6,9-13,18-19,27-28H,3-4,7-8,14H2,1-2H3/b23-21-,27-22?/t18-,19+/m1/s1. The third-order valence-electron chi connectivity index (χ3n) is 6.50. The van der Waals surface area contributed by atoms with E-state index in [2.05, 4.69) is 10.3 Å². The number of pyridine rings is 1. The van der Waals surface area contributed by atoms with Crippen LogP contribution < -0.4 is 27.2 Å². The fourth-order valence-corrected chi connectivity index (χ4v) is 5.62.